The summed E-state index contributed by atoms with van der Waals surface area (Å²) in [6, 6.07) is 5.56. The Labute approximate surface area is 101 Å². The van der Waals surface area contributed by atoms with Crippen LogP contribution in [0.4, 0.5) is 18.9 Å². The van der Waals surface area contributed by atoms with E-state index in [9.17, 15) is 13.2 Å². The van der Waals surface area contributed by atoms with E-state index in [0.29, 0.717) is 11.4 Å². The highest BCUT2D eigenvalue weighted by Crippen LogP contribution is 2.32. The maximum atomic E-state index is 11.8. The molecule has 0 heterocycles. The van der Waals surface area contributed by atoms with Crippen molar-refractivity contribution in [3.05, 3.63) is 23.8 Å². The third-order valence-corrected chi connectivity index (χ3v) is 3.86. The van der Waals surface area contributed by atoms with Crippen molar-refractivity contribution in [2.24, 2.45) is 0 Å². The number of hydrogen-bond acceptors (Lipinski definition) is 3. The first-order valence-electron chi connectivity index (χ1n) is 4.58. The van der Waals surface area contributed by atoms with Crippen LogP contribution in [0.5, 0.6) is 0 Å². The van der Waals surface area contributed by atoms with Gasteiger partial charge in [-0.15, -0.1) is 11.8 Å². The molecular weight excluding hydrogens is 255 g/mol. The number of nitrogen functional groups attached to an aromatic ring is 1. The van der Waals surface area contributed by atoms with E-state index in [4.69, 9.17) is 5.73 Å². The Morgan fingerprint density at radius 1 is 1.25 bits per heavy atom. The van der Waals surface area contributed by atoms with Crippen LogP contribution >= 0.6 is 23.5 Å². The zero-order valence-corrected chi connectivity index (χ0v) is 10.3. The number of rotatable bonds is 4. The average Bonchev–Trinajstić information content (AvgIpc) is 2.13. The predicted molar refractivity (Wildman–Crippen MR) is 64.8 cm³/mol. The van der Waals surface area contributed by atoms with Crippen molar-refractivity contribution in [1.29, 1.82) is 0 Å². The fourth-order valence-electron chi connectivity index (χ4n) is 1.11. The van der Waals surface area contributed by atoms with Gasteiger partial charge in [-0.1, -0.05) is 17.8 Å². The van der Waals surface area contributed by atoms with Gasteiger partial charge in [-0.25, -0.2) is 0 Å². The van der Waals surface area contributed by atoms with Gasteiger partial charge >= 0.3 is 5.51 Å². The molecule has 0 atom stereocenters. The number of aryl methyl sites for hydroxylation is 1. The number of benzene rings is 1. The van der Waals surface area contributed by atoms with E-state index in [0.717, 1.165) is 10.5 Å². The Morgan fingerprint density at radius 2 is 1.94 bits per heavy atom. The van der Waals surface area contributed by atoms with Crippen LogP contribution in [-0.2, 0) is 0 Å². The van der Waals surface area contributed by atoms with Crippen LogP contribution in [0.2, 0.25) is 0 Å². The fourth-order valence-corrected chi connectivity index (χ4v) is 2.62. The second-order valence-corrected chi connectivity index (χ2v) is 5.48. The van der Waals surface area contributed by atoms with Crippen LogP contribution in [-0.4, -0.2) is 17.0 Å². The number of alkyl halides is 3. The first kappa shape index (κ1) is 13.6. The molecule has 1 nitrogen and oxygen atoms in total. The lowest BCUT2D eigenvalue weighted by atomic mass is 10.2. The summed E-state index contributed by atoms with van der Waals surface area (Å²) in [5.41, 5.74) is 3.27. The summed E-state index contributed by atoms with van der Waals surface area (Å²) in [6.07, 6.45) is 0. The van der Waals surface area contributed by atoms with Gasteiger partial charge in [-0.05, 0) is 24.6 Å². The summed E-state index contributed by atoms with van der Waals surface area (Å²) in [6.45, 7) is 1.92. The Morgan fingerprint density at radius 3 is 2.50 bits per heavy atom. The zero-order valence-electron chi connectivity index (χ0n) is 8.67. The summed E-state index contributed by atoms with van der Waals surface area (Å²) in [5, 5.41) is 0. The largest absolute Gasteiger partial charge is 0.441 e. The van der Waals surface area contributed by atoms with Gasteiger partial charge in [0.05, 0.1) is 0 Å². The van der Waals surface area contributed by atoms with Gasteiger partial charge in [0.2, 0.25) is 0 Å². The predicted octanol–water partition coefficient (Wildman–Crippen LogP) is 3.92. The van der Waals surface area contributed by atoms with Crippen molar-refractivity contribution in [2.75, 3.05) is 17.2 Å². The molecule has 6 heteroatoms. The Bertz CT molecular complexity index is 352. The van der Waals surface area contributed by atoms with Crippen molar-refractivity contribution in [1.82, 2.24) is 0 Å². The number of anilines is 1. The molecule has 0 aliphatic carbocycles. The maximum absolute atomic E-state index is 11.8. The van der Waals surface area contributed by atoms with Gasteiger partial charge in [0.15, 0.2) is 0 Å². The number of nitrogens with two attached hydrogens (primary N) is 1. The van der Waals surface area contributed by atoms with Gasteiger partial charge in [0.25, 0.3) is 0 Å². The molecule has 0 aliphatic rings. The van der Waals surface area contributed by atoms with Crippen molar-refractivity contribution in [3.63, 3.8) is 0 Å². The van der Waals surface area contributed by atoms with Crippen LogP contribution in [0.15, 0.2) is 23.1 Å². The lowest BCUT2D eigenvalue weighted by molar-refractivity contribution is -0.0326. The number of thioether (sulfide) groups is 2. The summed E-state index contributed by atoms with van der Waals surface area (Å²) >= 11 is 1.35. The molecule has 16 heavy (non-hydrogen) atoms. The standard InChI is InChI=1S/C10H12F3NS2/c1-7-2-3-9(8(14)6-7)15-4-5-16-10(11,12)13/h2-3,6H,4-5,14H2,1H3. The molecule has 0 fully saturated rings. The van der Waals surface area contributed by atoms with Gasteiger partial charge in [-0.2, -0.15) is 13.2 Å². The molecule has 0 amide bonds. The lowest BCUT2D eigenvalue weighted by Gasteiger charge is -2.07. The lowest BCUT2D eigenvalue weighted by Crippen LogP contribution is -2.02. The van der Waals surface area contributed by atoms with Gasteiger partial charge < -0.3 is 5.73 Å². The number of halogens is 3. The minimum atomic E-state index is -4.14. The molecule has 0 radical (unpaired) electrons. The highest BCUT2D eigenvalue weighted by molar-refractivity contribution is 8.03. The highest BCUT2D eigenvalue weighted by Gasteiger charge is 2.27. The number of hydrogen-bond donors (Lipinski definition) is 1. The normalized spacial score (nSPS) is 11.8. The van der Waals surface area contributed by atoms with Crippen molar-refractivity contribution < 1.29 is 13.2 Å². The molecule has 0 aromatic heterocycles. The second kappa shape index (κ2) is 5.72. The first-order chi connectivity index (χ1) is 7.38. The van der Waals surface area contributed by atoms with E-state index in [-0.39, 0.29) is 17.5 Å². The minimum Gasteiger partial charge on any atom is -0.398 e. The van der Waals surface area contributed by atoms with Crippen LogP contribution < -0.4 is 5.73 Å². The van der Waals surface area contributed by atoms with Crippen LogP contribution in [0.3, 0.4) is 0 Å². The first-order valence-corrected chi connectivity index (χ1v) is 6.55. The average molecular weight is 267 g/mol. The van der Waals surface area contributed by atoms with E-state index >= 15 is 0 Å². The quantitative estimate of drug-likeness (QED) is 0.508. The third-order valence-electron chi connectivity index (χ3n) is 1.77. The fraction of sp³-hybridized carbons (Fsp3) is 0.400. The van der Waals surface area contributed by atoms with Crippen molar-refractivity contribution in [3.8, 4) is 0 Å². The smallest absolute Gasteiger partial charge is 0.398 e. The summed E-state index contributed by atoms with van der Waals surface area (Å²) < 4.78 is 35.5. The molecule has 0 unspecified atom stereocenters. The highest BCUT2D eigenvalue weighted by atomic mass is 32.2. The van der Waals surface area contributed by atoms with Crippen molar-refractivity contribution in [2.45, 2.75) is 17.3 Å². The van der Waals surface area contributed by atoms with Gasteiger partial charge in [-0.3, -0.25) is 0 Å². The van der Waals surface area contributed by atoms with E-state index in [1.807, 2.05) is 25.1 Å². The molecule has 1 rings (SSSR count). The summed E-state index contributed by atoms with van der Waals surface area (Å²) in [4.78, 5) is 0.841. The van der Waals surface area contributed by atoms with Crippen LogP contribution in [0.1, 0.15) is 5.56 Å². The molecule has 2 N–H and O–H groups in total. The molecule has 0 spiro atoms. The molecule has 0 saturated heterocycles. The molecule has 1 aromatic carbocycles. The van der Waals surface area contributed by atoms with E-state index in [2.05, 4.69) is 0 Å². The van der Waals surface area contributed by atoms with Crippen LogP contribution in [0.25, 0.3) is 0 Å². The second-order valence-electron chi connectivity index (χ2n) is 3.18. The van der Waals surface area contributed by atoms with Crippen LogP contribution in [0, 0.1) is 6.92 Å². The van der Waals surface area contributed by atoms with E-state index in [1.54, 1.807) is 0 Å². The summed E-state index contributed by atoms with van der Waals surface area (Å²) in [5.74, 6) is 0.443. The molecule has 0 bridgehead atoms. The summed E-state index contributed by atoms with van der Waals surface area (Å²) in [7, 11) is 0. The van der Waals surface area contributed by atoms with Crippen molar-refractivity contribution >= 4 is 29.2 Å². The molecule has 1 aromatic rings. The van der Waals surface area contributed by atoms with E-state index in [1.165, 1.54) is 11.8 Å². The molecule has 0 saturated carbocycles. The topological polar surface area (TPSA) is 26.0 Å². The third kappa shape index (κ3) is 5.03. The Balaban J connectivity index is 2.38. The van der Waals surface area contributed by atoms with Gasteiger partial charge in [0, 0.05) is 22.1 Å². The monoisotopic (exact) mass is 267 g/mol. The maximum Gasteiger partial charge on any atom is 0.441 e. The Hall–Kier alpha value is -0.490. The zero-order chi connectivity index (χ0) is 12.2. The molecule has 0 aliphatic heterocycles. The molecular formula is C10H12F3NS2. The van der Waals surface area contributed by atoms with E-state index < -0.39 is 5.51 Å². The SMILES string of the molecule is Cc1ccc(SCCSC(F)(F)F)c(N)c1. The van der Waals surface area contributed by atoms with Gasteiger partial charge in [0.1, 0.15) is 0 Å². The molecule has 90 valence electrons. The minimum absolute atomic E-state index is 0.000174. The Kier molecular flexibility index (Phi) is 4.86.